The van der Waals surface area contributed by atoms with Crippen LogP contribution in [0.5, 0.6) is 0 Å². The summed E-state index contributed by atoms with van der Waals surface area (Å²) in [6.07, 6.45) is 9.65. The first-order valence-corrected chi connectivity index (χ1v) is 8.22. The standard InChI is InChI=1S/C16H34N2/c1-4-6-7-9-15(3)17-11-13-18-12-10-16(14-18)8-5-2/h15-17H,4-14H2,1-3H3. The summed E-state index contributed by atoms with van der Waals surface area (Å²) in [6.45, 7) is 12.0. The number of hydrogen-bond acceptors (Lipinski definition) is 2. The molecule has 0 radical (unpaired) electrons. The minimum atomic E-state index is 0.700. The van der Waals surface area contributed by atoms with E-state index in [1.54, 1.807) is 0 Å². The Morgan fingerprint density at radius 2 is 2.06 bits per heavy atom. The quantitative estimate of drug-likeness (QED) is 0.598. The Morgan fingerprint density at radius 1 is 1.22 bits per heavy atom. The minimum Gasteiger partial charge on any atom is -0.313 e. The highest BCUT2D eigenvalue weighted by Gasteiger charge is 2.20. The van der Waals surface area contributed by atoms with Crippen LogP contribution in [0, 0.1) is 5.92 Å². The predicted molar refractivity (Wildman–Crippen MR) is 81.1 cm³/mol. The molecule has 0 aromatic heterocycles. The predicted octanol–water partition coefficient (Wildman–Crippen LogP) is 3.67. The van der Waals surface area contributed by atoms with Gasteiger partial charge in [-0.25, -0.2) is 0 Å². The van der Waals surface area contributed by atoms with Crippen molar-refractivity contribution in [1.29, 1.82) is 0 Å². The van der Waals surface area contributed by atoms with E-state index in [1.165, 1.54) is 71.1 Å². The molecule has 0 bridgehead atoms. The van der Waals surface area contributed by atoms with E-state index in [0.29, 0.717) is 6.04 Å². The summed E-state index contributed by atoms with van der Waals surface area (Å²) < 4.78 is 0. The van der Waals surface area contributed by atoms with Gasteiger partial charge in [0.1, 0.15) is 0 Å². The van der Waals surface area contributed by atoms with Crippen molar-refractivity contribution in [3.8, 4) is 0 Å². The van der Waals surface area contributed by atoms with Crippen LogP contribution in [-0.4, -0.2) is 37.1 Å². The number of unbranched alkanes of at least 4 members (excludes halogenated alkanes) is 2. The van der Waals surface area contributed by atoms with Gasteiger partial charge in [-0.3, -0.25) is 0 Å². The second-order valence-electron chi connectivity index (χ2n) is 6.09. The van der Waals surface area contributed by atoms with Crippen molar-refractivity contribution < 1.29 is 0 Å². The van der Waals surface area contributed by atoms with Gasteiger partial charge in [0.25, 0.3) is 0 Å². The molecule has 2 heteroatoms. The summed E-state index contributed by atoms with van der Waals surface area (Å²) in [5, 5.41) is 3.67. The molecule has 1 N–H and O–H groups in total. The van der Waals surface area contributed by atoms with E-state index < -0.39 is 0 Å². The maximum absolute atomic E-state index is 3.67. The second kappa shape index (κ2) is 9.80. The van der Waals surface area contributed by atoms with Gasteiger partial charge in [-0.1, -0.05) is 39.5 Å². The van der Waals surface area contributed by atoms with E-state index in [0.717, 1.165) is 5.92 Å². The fourth-order valence-corrected chi connectivity index (χ4v) is 3.03. The van der Waals surface area contributed by atoms with Crippen LogP contribution in [-0.2, 0) is 0 Å². The van der Waals surface area contributed by atoms with E-state index >= 15 is 0 Å². The Balaban J connectivity index is 1.97. The third-order valence-electron chi connectivity index (χ3n) is 4.23. The zero-order valence-corrected chi connectivity index (χ0v) is 12.9. The van der Waals surface area contributed by atoms with Gasteiger partial charge in [0.2, 0.25) is 0 Å². The Morgan fingerprint density at radius 3 is 2.78 bits per heavy atom. The van der Waals surface area contributed by atoms with Crippen molar-refractivity contribution >= 4 is 0 Å². The van der Waals surface area contributed by atoms with Crippen molar-refractivity contribution in [2.45, 2.75) is 71.8 Å². The van der Waals surface area contributed by atoms with Gasteiger partial charge in [0.05, 0.1) is 0 Å². The van der Waals surface area contributed by atoms with Crippen molar-refractivity contribution in [2.24, 2.45) is 5.92 Å². The van der Waals surface area contributed by atoms with Crippen molar-refractivity contribution in [3.05, 3.63) is 0 Å². The summed E-state index contributed by atoms with van der Waals surface area (Å²) in [4.78, 5) is 2.64. The van der Waals surface area contributed by atoms with Gasteiger partial charge in [-0.15, -0.1) is 0 Å². The molecule has 1 rings (SSSR count). The number of nitrogens with zero attached hydrogens (tertiary/aromatic N) is 1. The van der Waals surface area contributed by atoms with Gasteiger partial charge in [0, 0.05) is 25.7 Å². The first-order chi connectivity index (χ1) is 8.76. The average molecular weight is 254 g/mol. The lowest BCUT2D eigenvalue weighted by molar-refractivity contribution is 0.310. The van der Waals surface area contributed by atoms with Crippen molar-refractivity contribution in [2.75, 3.05) is 26.2 Å². The van der Waals surface area contributed by atoms with E-state index in [2.05, 4.69) is 31.0 Å². The molecule has 0 aromatic rings. The Labute approximate surface area is 115 Å². The fourth-order valence-electron chi connectivity index (χ4n) is 3.03. The second-order valence-corrected chi connectivity index (χ2v) is 6.09. The van der Waals surface area contributed by atoms with E-state index in [4.69, 9.17) is 0 Å². The van der Waals surface area contributed by atoms with Crippen LogP contribution >= 0.6 is 0 Å². The van der Waals surface area contributed by atoms with Crippen LogP contribution in [0.1, 0.15) is 65.7 Å². The molecule has 0 amide bonds. The number of rotatable bonds is 10. The molecule has 1 saturated heterocycles. The molecule has 0 aromatic carbocycles. The smallest absolute Gasteiger partial charge is 0.0107 e. The zero-order valence-electron chi connectivity index (χ0n) is 12.9. The topological polar surface area (TPSA) is 15.3 Å². The first-order valence-electron chi connectivity index (χ1n) is 8.22. The van der Waals surface area contributed by atoms with Gasteiger partial charge in [-0.2, -0.15) is 0 Å². The Hall–Kier alpha value is -0.0800. The molecule has 1 aliphatic heterocycles. The van der Waals surface area contributed by atoms with Gasteiger partial charge in [0.15, 0.2) is 0 Å². The molecule has 108 valence electrons. The molecular formula is C16H34N2. The highest BCUT2D eigenvalue weighted by atomic mass is 15.2. The highest BCUT2D eigenvalue weighted by Crippen LogP contribution is 2.20. The van der Waals surface area contributed by atoms with E-state index in [9.17, 15) is 0 Å². The number of nitrogens with one attached hydrogen (secondary N) is 1. The molecule has 1 heterocycles. The van der Waals surface area contributed by atoms with Crippen LogP contribution < -0.4 is 5.32 Å². The van der Waals surface area contributed by atoms with Crippen molar-refractivity contribution in [3.63, 3.8) is 0 Å². The molecule has 0 saturated carbocycles. The van der Waals surface area contributed by atoms with E-state index in [-0.39, 0.29) is 0 Å². The molecule has 18 heavy (non-hydrogen) atoms. The maximum atomic E-state index is 3.67. The molecule has 2 atom stereocenters. The van der Waals surface area contributed by atoms with Gasteiger partial charge in [-0.05, 0) is 38.6 Å². The average Bonchev–Trinajstić information content (AvgIpc) is 2.78. The van der Waals surface area contributed by atoms with E-state index in [1.807, 2.05) is 0 Å². The summed E-state index contributed by atoms with van der Waals surface area (Å²) >= 11 is 0. The third-order valence-corrected chi connectivity index (χ3v) is 4.23. The Bertz CT molecular complexity index is 194. The molecule has 2 nitrogen and oxygen atoms in total. The molecule has 1 aliphatic rings. The normalized spacial score (nSPS) is 22.5. The highest BCUT2D eigenvalue weighted by molar-refractivity contribution is 4.76. The third kappa shape index (κ3) is 6.75. The maximum Gasteiger partial charge on any atom is 0.0107 e. The lowest BCUT2D eigenvalue weighted by Gasteiger charge is -2.19. The first kappa shape index (κ1) is 16.0. The van der Waals surface area contributed by atoms with Crippen LogP contribution in [0.4, 0.5) is 0 Å². The monoisotopic (exact) mass is 254 g/mol. The Kier molecular flexibility index (Phi) is 8.70. The molecule has 0 spiro atoms. The molecule has 0 aliphatic carbocycles. The summed E-state index contributed by atoms with van der Waals surface area (Å²) in [7, 11) is 0. The molecular weight excluding hydrogens is 220 g/mol. The van der Waals surface area contributed by atoms with Crippen LogP contribution in [0.25, 0.3) is 0 Å². The molecule has 2 unspecified atom stereocenters. The van der Waals surface area contributed by atoms with Crippen molar-refractivity contribution in [1.82, 2.24) is 10.2 Å². The van der Waals surface area contributed by atoms with Crippen LogP contribution in [0.2, 0.25) is 0 Å². The molecule has 1 fully saturated rings. The SMILES string of the molecule is CCCCCC(C)NCCN1CCC(CCC)C1. The lowest BCUT2D eigenvalue weighted by atomic mass is 10.0. The summed E-state index contributed by atoms with van der Waals surface area (Å²) in [6, 6.07) is 0.700. The van der Waals surface area contributed by atoms with Gasteiger partial charge >= 0.3 is 0 Å². The van der Waals surface area contributed by atoms with Crippen LogP contribution in [0.15, 0.2) is 0 Å². The minimum absolute atomic E-state index is 0.700. The number of hydrogen-bond donors (Lipinski definition) is 1. The van der Waals surface area contributed by atoms with Gasteiger partial charge < -0.3 is 10.2 Å². The van der Waals surface area contributed by atoms with Crippen LogP contribution in [0.3, 0.4) is 0 Å². The summed E-state index contributed by atoms with van der Waals surface area (Å²) in [5.41, 5.74) is 0. The zero-order chi connectivity index (χ0) is 13.2. The summed E-state index contributed by atoms with van der Waals surface area (Å²) in [5.74, 6) is 0.983. The number of likely N-dealkylation sites (tertiary alicyclic amines) is 1. The largest absolute Gasteiger partial charge is 0.313 e. The lowest BCUT2D eigenvalue weighted by Crippen LogP contribution is -2.35. The fraction of sp³-hybridized carbons (Fsp3) is 1.00.